The summed E-state index contributed by atoms with van der Waals surface area (Å²) in [7, 11) is 0. The first kappa shape index (κ1) is 15.4. The number of H-pyrrole nitrogens is 1. The van der Waals surface area contributed by atoms with E-state index in [0.717, 1.165) is 0 Å². The number of rotatable bonds is 3. The van der Waals surface area contributed by atoms with Crippen LogP contribution in [0.2, 0.25) is 0 Å². The molecule has 6 heteroatoms. The van der Waals surface area contributed by atoms with E-state index in [-0.39, 0.29) is 17.5 Å². The molecule has 0 radical (unpaired) electrons. The first-order valence-corrected chi connectivity index (χ1v) is 8.05. The van der Waals surface area contributed by atoms with Crippen LogP contribution in [-0.2, 0) is 0 Å². The number of aromatic amines is 1. The van der Waals surface area contributed by atoms with Gasteiger partial charge in [0.2, 0.25) is 0 Å². The first-order chi connectivity index (χ1) is 12.1. The zero-order valence-corrected chi connectivity index (χ0v) is 13.5. The molecule has 0 unspecified atom stereocenters. The lowest BCUT2D eigenvalue weighted by Crippen LogP contribution is -2.29. The highest BCUT2D eigenvalue weighted by molar-refractivity contribution is 6.00. The lowest BCUT2D eigenvalue weighted by molar-refractivity contribution is 0.0752. The number of para-hydroxylation sites is 1. The van der Waals surface area contributed by atoms with E-state index in [2.05, 4.69) is 10.2 Å². The highest BCUT2D eigenvalue weighted by atomic mass is 19.1. The fourth-order valence-electron chi connectivity index (χ4n) is 3.42. The van der Waals surface area contributed by atoms with E-state index in [0.29, 0.717) is 34.6 Å². The minimum Gasteiger partial charge on any atom is -0.507 e. The van der Waals surface area contributed by atoms with E-state index in [1.807, 2.05) is 6.92 Å². The van der Waals surface area contributed by atoms with Crippen molar-refractivity contribution >= 4 is 5.91 Å². The van der Waals surface area contributed by atoms with Crippen molar-refractivity contribution in [2.75, 3.05) is 6.54 Å². The lowest BCUT2D eigenvalue weighted by atomic mass is 9.95. The second-order valence-corrected chi connectivity index (χ2v) is 5.89. The average molecular weight is 337 g/mol. The minimum absolute atomic E-state index is 0.0616. The summed E-state index contributed by atoms with van der Waals surface area (Å²) in [6.45, 7) is 2.28. The predicted octanol–water partition coefficient (Wildman–Crippen LogP) is 3.49. The SMILES string of the molecule is CCN1C(=O)c2[nH]nc(-c3ccccc3O)c2[C@@H]1c1ccccc1F. The van der Waals surface area contributed by atoms with E-state index in [1.54, 1.807) is 47.4 Å². The topological polar surface area (TPSA) is 69.2 Å². The molecule has 0 saturated heterocycles. The molecule has 0 fully saturated rings. The van der Waals surface area contributed by atoms with Crippen LogP contribution in [0.25, 0.3) is 11.3 Å². The van der Waals surface area contributed by atoms with Gasteiger partial charge in [0.1, 0.15) is 23.0 Å². The average Bonchev–Trinajstić information content (AvgIpc) is 3.15. The molecule has 2 N–H and O–H groups in total. The number of halogens is 1. The van der Waals surface area contributed by atoms with Gasteiger partial charge in [0, 0.05) is 23.2 Å². The van der Waals surface area contributed by atoms with Gasteiger partial charge >= 0.3 is 0 Å². The summed E-state index contributed by atoms with van der Waals surface area (Å²) < 4.78 is 14.5. The number of nitrogens with zero attached hydrogens (tertiary/aromatic N) is 2. The van der Waals surface area contributed by atoms with Crippen LogP contribution < -0.4 is 0 Å². The van der Waals surface area contributed by atoms with Crippen molar-refractivity contribution in [3.8, 4) is 17.0 Å². The van der Waals surface area contributed by atoms with Gasteiger partial charge in [0.15, 0.2) is 0 Å². The molecule has 1 amide bonds. The molecule has 0 bridgehead atoms. The van der Waals surface area contributed by atoms with Crippen molar-refractivity contribution in [2.45, 2.75) is 13.0 Å². The summed E-state index contributed by atoms with van der Waals surface area (Å²) in [4.78, 5) is 14.3. The van der Waals surface area contributed by atoms with Crippen LogP contribution in [0.4, 0.5) is 4.39 Å². The van der Waals surface area contributed by atoms with Crippen LogP contribution >= 0.6 is 0 Å². The lowest BCUT2D eigenvalue weighted by Gasteiger charge is -2.25. The largest absolute Gasteiger partial charge is 0.507 e. The van der Waals surface area contributed by atoms with E-state index >= 15 is 0 Å². The molecule has 1 aliphatic heterocycles. The highest BCUT2D eigenvalue weighted by Gasteiger charge is 2.42. The standard InChI is InChI=1S/C19H16FN3O2/c1-2-23-18(11-7-3-5-9-13(11)20)15-16(21-22-17(15)19(23)25)12-8-4-6-10-14(12)24/h3-10,18,24H,2H2,1H3,(H,21,22)/t18-/m0/s1. The van der Waals surface area contributed by atoms with Gasteiger partial charge in [0.25, 0.3) is 5.91 Å². The molecule has 5 nitrogen and oxygen atoms in total. The van der Waals surface area contributed by atoms with Crippen LogP contribution in [0.3, 0.4) is 0 Å². The molecule has 4 rings (SSSR count). The Morgan fingerprint density at radius 1 is 1.20 bits per heavy atom. The fraction of sp³-hybridized carbons (Fsp3) is 0.158. The van der Waals surface area contributed by atoms with E-state index in [1.165, 1.54) is 6.07 Å². The molecule has 1 atom stereocenters. The van der Waals surface area contributed by atoms with Crippen molar-refractivity contribution < 1.29 is 14.3 Å². The molecule has 25 heavy (non-hydrogen) atoms. The smallest absolute Gasteiger partial charge is 0.273 e. The van der Waals surface area contributed by atoms with Crippen LogP contribution in [0.15, 0.2) is 48.5 Å². The van der Waals surface area contributed by atoms with E-state index in [4.69, 9.17) is 0 Å². The number of carbonyl (C=O) groups is 1. The summed E-state index contributed by atoms with van der Waals surface area (Å²) in [6.07, 6.45) is 0. The fourth-order valence-corrected chi connectivity index (χ4v) is 3.42. The van der Waals surface area contributed by atoms with Crippen molar-refractivity contribution in [3.05, 3.63) is 71.2 Å². The summed E-state index contributed by atoms with van der Waals surface area (Å²) in [5, 5.41) is 17.2. The monoisotopic (exact) mass is 337 g/mol. The van der Waals surface area contributed by atoms with Crippen LogP contribution in [0.1, 0.15) is 34.6 Å². The van der Waals surface area contributed by atoms with Crippen LogP contribution in [0.5, 0.6) is 5.75 Å². The van der Waals surface area contributed by atoms with E-state index < -0.39 is 6.04 Å². The Kier molecular flexibility index (Phi) is 3.53. The maximum absolute atomic E-state index is 14.5. The molecule has 0 spiro atoms. The Labute approximate surface area is 143 Å². The molecular weight excluding hydrogens is 321 g/mol. The molecule has 1 aliphatic rings. The predicted molar refractivity (Wildman–Crippen MR) is 90.6 cm³/mol. The van der Waals surface area contributed by atoms with Gasteiger partial charge in [-0.15, -0.1) is 0 Å². The third-order valence-corrected chi connectivity index (χ3v) is 4.56. The maximum atomic E-state index is 14.5. The van der Waals surface area contributed by atoms with Crippen LogP contribution in [-0.4, -0.2) is 32.7 Å². The number of phenolic OH excluding ortho intramolecular Hbond substituents is 1. The molecule has 0 saturated carbocycles. The van der Waals surface area contributed by atoms with Gasteiger partial charge in [-0.25, -0.2) is 4.39 Å². The zero-order valence-electron chi connectivity index (χ0n) is 13.5. The van der Waals surface area contributed by atoms with Gasteiger partial charge in [-0.1, -0.05) is 30.3 Å². The van der Waals surface area contributed by atoms with Crippen molar-refractivity contribution in [3.63, 3.8) is 0 Å². The molecule has 3 aromatic rings. The van der Waals surface area contributed by atoms with Gasteiger partial charge < -0.3 is 10.0 Å². The number of carbonyl (C=O) groups excluding carboxylic acids is 1. The number of hydrogen-bond donors (Lipinski definition) is 2. The van der Waals surface area contributed by atoms with Gasteiger partial charge in [-0.05, 0) is 25.1 Å². The molecule has 126 valence electrons. The van der Waals surface area contributed by atoms with Crippen molar-refractivity contribution in [1.82, 2.24) is 15.1 Å². The number of nitrogens with one attached hydrogen (secondary N) is 1. The summed E-state index contributed by atoms with van der Waals surface area (Å²) in [6, 6.07) is 12.6. The normalized spacial score (nSPS) is 16.3. The maximum Gasteiger partial charge on any atom is 0.273 e. The number of hydrogen-bond acceptors (Lipinski definition) is 3. The zero-order chi connectivity index (χ0) is 17.6. The third kappa shape index (κ3) is 2.21. The Morgan fingerprint density at radius 2 is 1.92 bits per heavy atom. The summed E-state index contributed by atoms with van der Waals surface area (Å²) >= 11 is 0. The van der Waals surface area contributed by atoms with Crippen molar-refractivity contribution in [2.24, 2.45) is 0 Å². The Morgan fingerprint density at radius 3 is 2.64 bits per heavy atom. The molecule has 2 heterocycles. The minimum atomic E-state index is -0.581. The Hall–Kier alpha value is -3.15. The number of amides is 1. The number of aromatic nitrogens is 2. The molecule has 1 aromatic heterocycles. The number of fused-ring (bicyclic) bond motifs is 1. The number of benzene rings is 2. The third-order valence-electron chi connectivity index (χ3n) is 4.56. The summed E-state index contributed by atoms with van der Waals surface area (Å²) in [5.41, 5.74) is 2.32. The number of phenols is 1. The second-order valence-electron chi connectivity index (χ2n) is 5.89. The Bertz CT molecular complexity index is 967. The Balaban J connectivity index is 1.97. The van der Waals surface area contributed by atoms with Gasteiger partial charge in [-0.3, -0.25) is 9.89 Å². The van der Waals surface area contributed by atoms with Crippen molar-refractivity contribution in [1.29, 1.82) is 0 Å². The first-order valence-electron chi connectivity index (χ1n) is 8.05. The van der Waals surface area contributed by atoms with Gasteiger partial charge in [-0.2, -0.15) is 5.10 Å². The van der Waals surface area contributed by atoms with Crippen LogP contribution in [0, 0.1) is 5.82 Å². The quantitative estimate of drug-likeness (QED) is 0.769. The summed E-state index contributed by atoms with van der Waals surface area (Å²) in [5.74, 6) is -0.539. The molecule has 2 aromatic carbocycles. The second kappa shape index (κ2) is 5.73. The number of aromatic hydroxyl groups is 1. The van der Waals surface area contributed by atoms with Gasteiger partial charge in [0.05, 0.1) is 6.04 Å². The molecular formula is C19H16FN3O2. The van der Waals surface area contributed by atoms with E-state index in [9.17, 15) is 14.3 Å². The highest BCUT2D eigenvalue weighted by Crippen LogP contribution is 2.44. The molecule has 0 aliphatic carbocycles.